The van der Waals surface area contributed by atoms with Crippen molar-refractivity contribution in [1.82, 2.24) is 4.98 Å². The van der Waals surface area contributed by atoms with Crippen LogP contribution in [-0.4, -0.2) is 10.9 Å². The number of amides is 1. The highest BCUT2D eigenvalue weighted by Crippen LogP contribution is 2.18. The zero-order chi connectivity index (χ0) is 17.6. The minimum absolute atomic E-state index is 0.215. The van der Waals surface area contributed by atoms with Gasteiger partial charge in [-0.1, -0.05) is 15.9 Å². The average Bonchev–Trinajstić information content (AvgIpc) is 2.64. The van der Waals surface area contributed by atoms with E-state index in [1.807, 2.05) is 24.3 Å². The highest BCUT2D eigenvalue weighted by molar-refractivity contribution is 9.10. The summed E-state index contributed by atoms with van der Waals surface area (Å²) in [5.74, 6) is 0.334. The number of hydrogen-bond acceptors (Lipinski definition) is 4. The number of halogens is 1. The van der Waals surface area contributed by atoms with Gasteiger partial charge in [0.25, 0.3) is 5.91 Å². The van der Waals surface area contributed by atoms with Crippen molar-refractivity contribution < 1.29 is 4.79 Å². The zero-order valence-electron chi connectivity index (χ0n) is 13.0. The van der Waals surface area contributed by atoms with Gasteiger partial charge in [-0.2, -0.15) is 5.26 Å². The Bertz CT molecular complexity index is 931. The summed E-state index contributed by atoms with van der Waals surface area (Å²) >= 11 is 3.36. The first-order chi connectivity index (χ1) is 12.1. The van der Waals surface area contributed by atoms with Gasteiger partial charge in [0.2, 0.25) is 0 Å². The lowest BCUT2D eigenvalue weighted by molar-refractivity contribution is 0.102. The second-order valence-electron chi connectivity index (χ2n) is 5.20. The molecule has 3 rings (SSSR count). The first-order valence-electron chi connectivity index (χ1n) is 7.44. The summed E-state index contributed by atoms with van der Waals surface area (Å²) in [5, 5.41) is 14.8. The SMILES string of the molecule is N#Cc1ccc(Nc2cc(C(=O)Nc3ccc(Br)cc3)ccn2)cc1. The molecule has 1 aromatic heterocycles. The smallest absolute Gasteiger partial charge is 0.255 e. The van der Waals surface area contributed by atoms with E-state index in [4.69, 9.17) is 5.26 Å². The van der Waals surface area contributed by atoms with Gasteiger partial charge >= 0.3 is 0 Å². The van der Waals surface area contributed by atoms with Gasteiger partial charge in [0.1, 0.15) is 5.82 Å². The molecular formula is C19H13BrN4O. The number of nitrogens with zero attached hydrogens (tertiary/aromatic N) is 2. The molecule has 0 unspecified atom stereocenters. The number of nitriles is 1. The summed E-state index contributed by atoms with van der Waals surface area (Å²) in [6.45, 7) is 0. The Morgan fingerprint density at radius 1 is 1.00 bits per heavy atom. The molecule has 5 nitrogen and oxygen atoms in total. The van der Waals surface area contributed by atoms with Gasteiger partial charge in [-0.05, 0) is 60.7 Å². The average molecular weight is 393 g/mol. The molecule has 0 aliphatic carbocycles. The molecule has 0 aliphatic heterocycles. The number of carbonyl (C=O) groups is 1. The molecule has 0 atom stereocenters. The second kappa shape index (κ2) is 7.60. The van der Waals surface area contributed by atoms with Gasteiger partial charge in [-0.15, -0.1) is 0 Å². The maximum Gasteiger partial charge on any atom is 0.255 e. The number of nitrogens with one attached hydrogen (secondary N) is 2. The van der Waals surface area contributed by atoms with Crippen LogP contribution in [0.15, 0.2) is 71.3 Å². The molecule has 0 fully saturated rings. The van der Waals surface area contributed by atoms with E-state index in [-0.39, 0.29) is 5.91 Å². The van der Waals surface area contributed by atoms with E-state index in [0.717, 1.165) is 10.2 Å². The van der Waals surface area contributed by atoms with E-state index in [1.165, 1.54) is 0 Å². The van der Waals surface area contributed by atoms with Crippen LogP contribution in [0, 0.1) is 11.3 Å². The fraction of sp³-hybridized carbons (Fsp3) is 0. The molecule has 1 amide bonds. The van der Waals surface area contributed by atoms with Gasteiger partial charge < -0.3 is 10.6 Å². The van der Waals surface area contributed by atoms with E-state index in [0.29, 0.717) is 22.6 Å². The molecule has 6 heteroatoms. The molecular weight excluding hydrogens is 380 g/mol. The molecule has 2 N–H and O–H groups in total. The molecule has 0 radical (unpaired) electrons. The van der Waals surface area contributed by atoms with Gasteiger partial charge in [-0.3, -0.25) is 4.79 Å². The highest BCUT2D eigenvalue weighted by Gasteiger charge is 2.08. The third kappa shape index (κ3) is 4.43. The van der Waals surface area contributed by atoms with Crippen LogP contribution in [0.5, 0.6) is 0 Å². The maximum absolute atomic E-state index is 12.4. The Balaban J connectivity index is 1.72. The number of aromatic nitrogens is 1. The van der Waals surface area contributed by atoms with Crippen molar-refractivity contribution in [3.63, 3.8) is 0 Å². The molecule has 122 valence electrons. The third-order valence-corrected chi connectivity index (χ3v) is 3.94. The quantitative estimate of drug-likeness (QED) is 0.673. The zero-order valence-corrected chi connectivity index (χ0v) is 14.6. The van der Waals surface area contributed by atoms with Crippen molar-refractivity contribution in [2.45, 2.75) is 0 Å². The number of anilines is 3. The minimum atomic E-state index is -0.215. The van der Waals surface area contributed by atoms with Crippen molar-refractivity contribution in [1.29, 1.82) is 5.26 Å². The summed E-state index contributed by atoms with van der Waals surface area (Å²) in [5.41, 5.74) is 2.58. The Morgan fingerprint density at radius 2 is 1.68 bits per heavy atom. The van der Waals surface area contributed by atoms with Crippen LogP contribution in [0.3, 0.4) is 0 Å². The second-order valence-corrected chi connectivity index (χ2v) is 6.12. The van der Waals surface area contributed by atoms with E-state index in [2.05, 4.69) is 37.6 Å². The number of rotatable bonds is 4. The summed E-state index contributed by atoms with van der Waals surface area (Å²) in [7, 11) is 0. The van der Waals surface area contributed by atoms with Crippen LogP contribution >= 0.6 is 15.9 Å². The lowest BCUT2D eigenvalue weighted by Crippen LogP contribution is -2.12. The molecule has 1 heterocycles. The lowest BCUT2D eigenvalue weighted by atomic mass is 10.2. The van der Waals surface area contributed by atoms with Gasteiger partial charge in [0.05, 0.1) is 11.6 Å². The molecule has 0 saturated carbocycles. The van der Waals surface area contributed by atoms with Crippen molar-refractivity contribution in [3.05, 3.63) is 82.5 Å². The molecule has 0 spiro atoms. The Kier molecular flexibility index (Phi) is 5.07. The van der Waals surface area contributed by atoms with E-state index < -0.39 is 0 Å². The maximum atomic E-state index is 12.4. The van der Waals surface area contributed by atoms with Crippen LogP contribution in [0.4, 0.5) is 17.2 Å². The first kappa shape index (κ1) is 16.7. The standard InChI is InChI=1S/C19H13BrN4O/c20-15-3-7-17(8-4-15)24-19(25)14-9-10-22-18(11-14)23-16-5-1-13(12-21)2-6-16/h1-11H,(H,22,23)(H,24,25). The van der Waals surface area contributed by atoms with Crippen molar-refractivity contribution in [2.24, 2.45) is 0 Å². The molecule has 0 bridgehead atoms. The molecule has 0 saturated heterocycles. The largest absolute Gasteiger partial charge is 0.340 e. The van der Waals surface area contributed by atoms with E-state index >= 15 is 0 Å². The molecule has 0 aliphatic rings. The van der Waals surface area contributed by atoms with Crippen LogP contribution in [0.1, 0.15) is 15.9 Å². The van der Waals surface area contributed by atoms with E-state index in [9.17, 15) is 4.79 Å². The van der Waals surface area contributed by atoms with Crippen LogP contribution < -0.4 is 10.6 Å². The predicted octanol–water partition coefficient (Wildman–Crippen LogP) is 4.71. The van der Waals surface area contributed by atoms with Crippen molar-refractivity contribution in [2.75, 3.05) is 10.6 Å². The molecule has 2 aromatic carbocycles. The summed E-state index contributed by atoms with van der Waals surface area (Å²) in [4.78, 5) is 16.6. The Hall–Kier alpha value is -3.17. The third-order valence-electron chi connectivity index (χ3n) is 3.41. The summed E-state index contributed by atoms with van der Waals surface area (Å²) in [6, 6.07) is 19.8. The minimum Gasteiger partial charge on any atom is -0.340 e. The fourth-order valence-electron chi connectivity index (χ4n) is 2.15. The van der Waals surface area contributed by atoms with Crippen LogP contribution in [0.25, 0.3) is 0 Å². The monoisotopic (exact) mass is 392 g/mol. The van der Waals surface area contributed by atoms with Crippen LogP contribution in [0.2, 0.25) is 0 Å². The van der Waals surface area contributed by atoms with E-state index in [1.54, 1.807) is 42.6 Å². The number of carbonyl (C=O) groups excluding carboxylic acids is 1. The van der Waals surface area contributed by atoms with Crippen LogP contribution in [-0.2, 0) is 0 Å². The number of benzene rings is 2. The van der Waals surface area contributed by atoms with Gasteiger partial charge in [-0.25, -0.2) is 4.98 Å². The van der Waals surface area contributed by atoms with Gasteiger partial charge in [0, 0.05) is 27.6 Å². The molecule has 25 heavy (non-hydrogen) atoms. The lowest BCUT2D eigenvalue weighted by Gasteiger charge is -2.08. The first-order valence-corrected chi connectivity index (χ1v) is 8.23. The predicted molar refractivity (Wildman–Crippen MR) is 101 cm³/mol. The van der Waals surface area contributed by atoms with Gasteiger partial charge in [0.15, 0.2) is 0 Å². The topological polar surface area (TPSA) is 77.8 Å². The Morgan fingerprint density at radius 3 is 2.36 bits per heavy atom. The van der Waals surface area contributed by atoms with Crippen molar-refractivity contribution >= 4 is 39.0 Å². The number of hydrogen-bond donors (Lipinski definition) is 2. The fourth-order valence-corrected chi connectivity index (χ4v) is 2.42. The summed E-state index contributed by atoms with van der Waals surface area (Å²) < 4.78 is 0.948. The normalized spacial score (nSPS) is 9.92. The summed E-state index contributed by atoms with van der Waals surface area (Å²) in [6.07, 6.45) is 1.57. The molecule has 3 aromatic rings. The van der Waals surface area contributed by atoms with Crippen molar-refractivity contribution in [3.8, 4) is 6.07 Å². The number of pyridine rings is 1. The Labute approximate surface area is 153 Å². The highest BCUT2D eigenvalue weighted by atomic mass is 79.9.